The van der Waals surface area contributed by atoms with Crippen LogP contribution in [0.1, 0.15) is 65.1 Å². The molecule has 3 N–H and O–H groups in total. The van der Waals surface area contributed by atoms with Gasteiger partial charge in [-0.3, -0.25) is 9.20 Å². The summed E-state index contributed by atoms with van der Waals surface area (Å²) in [7, 11) is 0. The lowest BCUT2D eigenvalue weighted by molar-refractivity contribution is 0.0691. The molecular weight excluding hydrogens is 408 g/mol. The molecule has 9 nitrogen and oxygen atoms in total. The first-order chi connectivity index (χ1) is 15.3. The topological polar surface area (TPSA) is 132 Å². The molecule has 3 aromatic heterocycles. The average molecular weight is 432 g/mol. The summed E-state index contributed by atoms with van der Waals surface area (Å²) in [4.78, 5) is 33.5. The zero-order chi connectivity index (χ0) is 23.0. The van der Waals surface area contributed by atoms with E-state index in [2.05, 4.69) is 20.6 Å². The molecule has 1 aliphatic carbocycles. The standard InChI is InChI=1S/C23H24N6O3/c1-12-9-16(14(3)26-18-8-7-13(2)25-19(18)23(31)32)21-28-20(27-15-5-4-6-15)17(10-24)22(30)29(21)11-12/h7-9,11,14-15,26-27H,4-6H2,1-3H3,(H,31,32)/t14-/m1/s1. The summed E-state index contributed by atoms with van der Waals surface area (Å²) >= 11 is 0. The van der Waals surface area contributed by atoms with Gasteiger partial charge in [0.1, 0.15) is 11.7 Å². The highest BCUT2D eigenvalue weighted by atomic mass is 16.4. The van der Waals surface area contributed by atoms with Crippen LogP contribution in [0.5, 0.6) is 0 Å². The van der Waals surface area contributed by atoms with Crippen LogP contribution in [0, 0.1) is 25.2 Å². The fraction of sp³-hybridized carbons (Fsp3) is 0.348. The smallest absolute Gasteiger partial charge is 0.356 e. The molecule has 1 fully saturated rings. The van der Waals surface area contributed by atoms with E-state index in [9.17, 15) is 20.0 Å². The van der Waals surface area contributed by atoms with Gasteiger partial charge in [-0.1, -0.05) is 0 Å². The molecule has 0 aromatic carbocycles. The van der Waals surface area contributed by atoms with Crippen LogP contribution in [0.4, 0.5) is 11.5 Å². The van der Waals surface area contributed by atoms with E-state index >= 15 is 0 Å². The van der Waals surface area contributed by atoms with Crippen LogP contribution in [-0.2, 0) is 0 Å². The molecule has 1 atom stereocenters. The van der Waals surface area contributed by atoms with Crippen LogP contribution < -0.4 is 16.2 Å². The second-order valence-electron chi connectivity index (χ2n) is 8.21. The minimum atomic E-state index is -1.13. The number of aryl methyl sites for hydroxylation is 2. The van der Waals surface area contributed by atoms with E-state index < -0.39 is 11.5 Å². The predicted octanol–water partition coefficient (Wildman–Crippen LogP) is 3.41. The quantitative estimate of drug-likeness (QED) is 0.540. The van der Waals surface area contributed by atoms with E-state index in [0.717, 1.165) is 24.8 Å². The van der Waals surface area contributed by atoms with Crippen LogP contribution in [0.3, 0.4) is 0 Å². The van der Waals surface area contributed by atoms with Crippen molar-refractivity contribution in [3.05, 3.63) is 62.8 Å². The molecule has 164 valence electrons. The monoisotopic (exact) mass is 432 g/mol. The molecule has 3 heterocycles. The number of nitrogens with zero attached hydrogens (tertiary/aromatic N) is 4. The van der Waals surface area contributed by atoms with Gasteiger partial charge in [0.15, 0.2) is 17.1 Å². The molecule has 0 radical (unpaired) electrons. The first-order valence-corrected chi connectivity index (χ1v) is 10.5. The Balaban J connectivity index is 1.82. The van der Waals surface area contributed by atoms with Gasteiger partial charge < -0.3 is 15.7 Å². The number of hydrogen-bond acceptors (Lipinski definition) is 7. The van der Waals surface area contributed by atoms with Crippen LogP contribution in [0.25, 0.3) is 5.65 Å². The third-order valence-electron chi connectivity index (χ3n) is 5.72. The molecule has 0 aliphatic heterocycles. The van der Waals surface area contributed by atoms with Crippen molar-refractivity contribution in [1.82, 2.24) is 14.4 Å². The minimum absolute atomic E-state index is 0.0116. The second-order valence-corrected chi connectivity index (χ2v) is 8.21. The van der Waals surface area contributed by atoms with Crippen LogP contribution in [0.15, 0.2) is 29.2 Å². The molecule has 32 heavy (non-hydrogen) atoms. The summed E-state index contributed by atoms with van der Waals surface area (Å²) in [6.45, 7) is 5.45. The van der Waals surface area contributed by atoms with Gasteiger partial charge in [0.2, 0.25) is 0 Å². The van der Waals surface area contributed by atoms with Gasteiger partial charge >= 0.3 is 5.97 Å². The van der Waals surface area contributed by atoms with E-state index in [1.807, 2.05) is 26.0 Å². The first-order valence-electron chi connectivity index (χ1n) is 10.5. The molecule has 0 unspecified atom stereocenters. The number of aromatic nitrogens is 3. The highest BCUT2D eigenvalue weighted by Crippen LogP contribution is 2.28. The van der Waals surface area contributed by atoms with Crippen molar-refractivity contribution in [3.63, 3.8) is 0 Å². The van der Waals surface area contributed by atoms with Crippen molar-refractivity contribution in [2.24, 2.45) is 0 Å². The molecule has 0 amide bonds. The third-order valence-corrected chi connectivity index (χ3v) is 5.72. The fourth-order valence-corrected chi connectivity index (χ4v) is 3.82. The van der Waals surface area contributed by atoms with Gasteiger partial charge in [-0.15, -0.1) is 0 Å². The van der Waals surface area contributed by atoms with Crippen LogP contribution >= 0.6 is 0 Å². The number of fused-ring (bicyclic) bond motifs is 1. The van der Waals surface area contributed by atoms with Crippen molar-refractivity contribution >= 4 is 23.1 Å². The molecule has 1 saturated carbocycles. The fourth-order valence-electron chi connectivity index (χ4n) is 3.82. The molecule has 0 spiro atoms. The predicted molar refractivity (Wildman–Crippen MR) is 120 cm³/mol. The Bertz CT molecular complexity index is 1320. The lowest BCUT2D eigenvalue weighted by Gasteiger charge is -2.27. The first kappa shape index (κ1) is 21.3. The van der Waals surface area contributed by atoms with Gasteiger partial charge in [0.05, 0.1) is 11.7 Å². The van der Waals surface area contributed by atoms with Gasteiger partial charge in [0, 0.05) is 23.5 Å². The maximum Gasteiger partial charge on any atom is 0.356 e. The number of hydrogen-bond donors (Lipinski definition) is 3. The van der Waals surface area contributed by atoms with Gasteiger partial charge in [0.25, 0.3) is 5.56 Å². The van der Waals surface area contributed by atoms with Crippen molar-refractivity contribution in [3.8, 4) is 6.07 Å². The average Bonchev–Trinajstić information content (AvgIpc) is 2.72. The number of nitriles is 1. The lowest BCUT2D eigenvalue weighted by Crippen LogP contribution is -2.31. The number of nitrogens with one attached hydrogen (secondary N) is 2. The number of carboxylic acids is 1. The Morgan fingerprint density at radius 2 is 2.06 bits per heavy atom. The van der Waals surface area contributed by atoms with Crippen molar-refractivity contribution in [1.29, 1.82) is 5.26 Å². The highest BCUT2D eigenvalue weighted by Gasteiger charge is 2.23. The molecular formula is C23H24N6O3. The summed E-state index contributed by atoms with van der Waals surface area (Å²) in [5, 5.41) is 25.6. The van der Waals surface area contributed by atoms with E-state index in [1.54, 1.807) is 25.3 Å². The minimum Gasteiger partial charge on any atom is -0.476 e. The van der Waals surface area contributed by atoms with Gasteiger partial charge in [-0.25, -0.2) is 14.8 Å². The number of carboxylic acid groups (broad SMARTS) is 1. The molecule has 3 aromatic rings. The largest absolute Gasteiger partial charge is 0.476 e. The summed E-state index contributed by atoms with van der Waals surface area (Å²) in [5.74, 6) is -0.833. The van der Waals surface area contributed by atoms with Gasteiger partial charge in [-0.2, -0.15) is 5.26 Å². The van der Waals surface area contributed by atoms with E-state index in [0.29, 0.717) is 28.4 Å². The molecule has 0 saturated heterocycles. The zero-order valence-corrected chi connectivity index (χ0v) is 18.1. The second kappa shape index (κ2) is 8.30. The SMILES string of the molecule is Cc1cc([C@@H](C)Nc2ccc(C)nc2C(=O)O)c2nc(NC3CCC3)c(C#N)c(=O)n2c1. The molecule has 9 heteroatoms. The molecule has 4 rings (SSSR count). The number of anilines is 2. The maximum atomic E-state index is 13.1. The summed E-state index contributed by atoms with van der Waals surface area (Å²) in [5.41, 5.74) is 2.40. The number of rotatable bonds is 6. The highest BCUT2D eigenvalue weighted by molar-refractivity contribution is 5.92. The van der Waals surface area contributed by atoms with E-state index in [4.69, 9.17) is 0 Å². The Morgan fingerprint density at radius 3 is 2.69 bits per heavy atom. The van der Waals surface area contributed by atoms with Crippen LogP contribution in [-0.4, -0.2) is 31.5 Å². The van der Waals surface area contributed by atoms with Crippen molar-refractivity contribution in [2.45, 2.75) is 52.1 Å². The van der Waals surface area contributed by atoms with E-state index in [1.165, 1.54) is 4.40 Å². The number of aromatic carboxylic acids is 1. The third kappa shape index (κ3) is 3.87. The Hall–Kier alpha value is -3.93. The summed E-state index contributed by atoms with van der Waals surface area (Å²) in [6, 6.07) is 7.13. The number of pyridine rings is 2. The maximum absolute atomic E-state index is 13.1. The van der Waals surface area contributed by atoms with Crippen LogP contribution in [0.2, 0.25) is 0 Å². The van der Waals surface area contributed by atoms with Crippen molar-refractivity contribution < 1.29 is 9.90 Å². The number of carbonyl (C=O) groups is 1. The lowest BCUT2D eigenvalue weighted by atomic mass is 9.93. The molecule has 1 aliphatic rings. The normalized spacial score (nSPS) is 14.4. The summed E-state index contributed by atoms with van der Waals surface area (Å²) < 4.78 is 1.39. The molecule has 0 bridgehead atoms. The van der Waals surface area contributed by atoms with Gasteiger partial charge in [-0.05, 0) is 63.8 Å². The zero-order valence-electron chi connectivity index (χ0n) is 18.1. The van der Waals surface area contributed by atoms with Crippen molar-refractivity contribution in [2.75, 3.05) is 10.6 Å². The Labute approximate surface area is 184 Å². The van der Waals surface area contributed by atoms with E-state index in [-0.39, 0.29) is 23.3 Å². The Kier molecular flexibility index (Phi) is 5.53. The Morgan fingerprint density at radius 1 is 1.31 bits per heavy atom. The summed E-state index contributed by atoms with van der Waals surface area (Å²) in [6.07, 6.45) is 4.71.